The lowest BCUT2D eigenvalue weighted by molar-refractivity contribution is -0.118. The van der Waals surface area contributed by atoms with Crippen LogP contribution in [0.3, 0.4) is 0 Å². The zero-order chi connectivity index (χ0) is 13.4. The van der Waals surface area contributed by atoms with E-state index in [1.54, 1.807) is 24.3 Å². The Labute approximate surface area is 114 Å². The van der Waals surface area contributed by atoms with Crippen molar-refractivity contribution in [3.8, 4) is 0 Å². The molecule has 1 aliphatic carbocycles. The number of hydrogen-bond donors (Lipinski definition) is 0. The van der Waals surface area contributed by atoms with Crippen molar-refractivity contribution in [2.24, 2.45) is 10.9 Å². The van der Waals surface area contributed by atoms with Crippen molar-refractivity contribution in [1.29, 1.82) is 0 Å². The lowest BCUT2D eigenvalue weighted by atomic mass is 9.95. The highest BCUT2D eigenvalue weighted by atomic mass is 32.1. The van der Waals surface area contributed by atoms with E-state index in [4.69, 9.17) is 12.2 Å². The van der Waals surface area contributed by atoms with Gasteiger partial charge in [-0.1, -0.05) is 24.3 Å². The summed E-state index contributed by atoms with van der Waals surface area (Å²) in [5, 5.41) is 0.141. The summed E-state index contributed by atoms with van der Waals surface area (Å²) in [5.74, 6) is -1.07. The molecule has 0 N–H and O–H groups in total. The van der Waals surface area contributed by atoms with Gasteiger partial charge >= 0.3 is 0 Å². The zero-order valence-electron chi connectivity index (χ0n) is 9.79. The minimum absolute atomic E-state index is 0.141. The van der Waals surface area contributed by atoms with Crippen LogP contribution in [-0.2, 0) is 4.79 Å². The first-order valence-corrected chi connectivity index (χ1v) is 6.14. The smallest absolute Gasteiger partial charge is 0.246 e. The van der Waals surface area contributed by atoms with Crippen molar-refractivity contribution < 1.29 is 9.18 Å². The Kier molecular flexibility index (Phi) is 2.83. The third-order valence-corrected chi connectivity index (χ3v) is 3.24. The predicted octanol–water partition coefficient (Wildman–Crippen LogP) is 2.64. The summed E-state index contributed by atoms with van der Waals surface area (Å²) < 4.78 is 13.3. The lowest BCUT2D eigenvalue weighted by Crippen LogP contribution is -2.46. The molecule has 1 aliphatic heterocycles. The average Bonchev–Trinajstić information content (AvgIpc) is 2.39. The molecule has 1 amide bonds. The summed E-state index contributed by atoms with van der Waals surface area (Å²) in [4.78, 5) is 17.9. The fourth-order valence-corrected chi connectivity index (χ4v) is 2.39. The quantitative estimate of drug-likeness (QED) is 0.736. The maximum Gasteiger partial charge on any atom is 0.246 e. The van der Waals surface area contributed by atoms with Crippen LogP contribution in [-0.4, -0.2) is 16.7 Å². The molecule has 2 aliphatic rings. The fourth-order valence-electron chi connectivity index (χ4n) is 2.09. The molecule has 19 heavy (non-hydrogen) atoms. The van der Waals surface area contributed by atoms with E-state index in [-0.39, 0.29) is 11.0 Å². The highest BCUT2D eigenvalue weighted by molar-refractivity contribution is 7.80. The molecule has 0 saturated heterocycles. The normalized spacial score (nSPS) is 21.4. The number of rotatable bonds is 1. The SMILES string of the molecule is O=C1C2C=CC=CC2=NC(=S)N1c1cccc(F)c1. The molecule has 0 fully saturated rings. The molecule has 1 aromatic rings. The number of hydrogen-bond acceptors (Lipinski definition) is 2. The van der Waals surface area contributed by atoms with Crippen LogP contribution in [0, 0.1) is 11.7 Å². The molecule has 5 heteroatoms. The summed E-state index contributed by atoms with van der Waals surface area (Å²) in [7, 11) is 0. The Morgan fingerprint density at radius 1 is 1.32 bits per heavy atom. The second kappa shape index (κ2) is 4.51. The Bertz CT molecular complexity index is 663. The van der Waals surface area contributed by atoms with E-state index in [1.165, 1.54) is 23.1 Å². The van der Waals surface area contributed by atoms with E-state index in [1.807, 2.05) is 6.08 Å². The summed E-state index contributed by atoms with van der Waals surface area (Å²) in [6.45, 7) is 0. The number of fused-ring (bicyclic) bond motifs is 1. The van der Waals surface area contributed by atoms with E-state index in [0.29, 0.717) is 11.4 Å². The third kappa shape index (κ3) is 2.02. The van der Waals surface area contributed by atoms with Gasteiger partial charge in [-0.15, -0.1) is 0 Å². The van der Waals surface area contributed by atoms with Gasteiger partial charge in [-0.05, 0) is 36.5 Å². The second-order valence-electron chi connectivity index (χ2n) is 4.19. The molecule has 94 valence electrons. The highest BCUT2D eigenvalue weighted by Gasteiger charge is 2.34. The third-order valence-electron chi connectivity index (χ3n) is 2.97. The Morgan fingerprint density at radius 3 is 2.95 bits per heavy atom. The van der Waals surface area contributed by atoms with E-state index in [0.717, 1.165) is 0 Å². The van der Waals surface area contributed by atoms with Gasteiger partial charge in [0.25, 0.3) is 0 Å². The van der Waals surface area contributed by atoms with Crippen molar-refractivity contribution in [1.82, 2.24) is 0 Å². The standard InChI is InChI=1S/C14H9FN2OS/c15-9-4-3-5-10(8-9)17-13(18)11-6-1-2-7-12(11)16-14(17)19/h1-8,11H. The largest absolute Gasteiger partial charge is 0.273 e. The van der Waals surface area contributed by atoms with Crippen molar-refractivity contribution in [3.05, 3.63) is 54.4 Å². The zero-order valence-corrected chi connectivity index (χ0v) is 10.6. The maximum absolute atomic E-state index is 13.3. The van der Waals surface area contributed by atoms with Gasteiger partial charge in [0.1, 0.15) is 5.82 Å². The van der Waals surface area contributed by atoms with Crippen LogP contribution in [0.5, 0.6) is 0 Å². The number of aliphatic imine (C=N–C) groups is 1. The van der Waals surface area contributed by atoms with E-state index in [9.17, 15) is 9.18 Å². The van der Waals surface area contributed by atoms with Crippen LogP contribution in [0.15, 0.2) is 53.6 Å². The van der Waals surface area contributed by atoms with Crippen LogP contribution in [0.4, 0.5) is 10.1 Å². The summed E-state index contributed by atoms with van der Waals surface area (Å²) in [5.41, 5.74) is 1.03. The van der Waals surface area contributed by atoms with Crippen molar-refractivity contribution in [2.75, 3.05) is 4.90 Å². The van der Waals surface area contributed by atoms with Gasteiger partial charge in [0, 0.05) is 0 Å². The minimum atomic E-state index is -0.444. The summed E-state index contributed by atoms with van der Waals surface area (Å²) in [6, 6.07) is 5.76. The van der Waals surface area contributed by atoms with Crippen molar-refractivity contribution >= 4 is 34.6 Å². The molecule has 1 unspecified atom stereocenters. The van der Waals surface area contributed by atoms with Gasteiger partial charge in [0.15, 0.2) is 0 Å². The molecule has 0 bridgehead atoms. The number of carbonyl (C=O) groups is 1. The molecule has 1 aromatic carbocycles. The monoisotopic (exact) mass is 272 g/mol. The number of benzene rings is 1. The molecule has 0 saturated carbocycles. The maximum atomic E-state index is 13.3. The summed E-state index contributed by atoms with van der Waals surface area (Å²) in [6.07, 6.45) is 7.12. The molecule has 0 radical (unpaired) electrons. The van der Waals surface area contributed by atoms with Gasteiger partial charge in [-0.3, -0.25) is 9.69 Å². The molecular formula is C14H9FN2OS. The van der Waals surface area contributed by atoms with Crippen LogP contribution in [0.25, 0.3) is 0 Å². The van der Waals surface area contributed by atoms with Crippen molar-refractivity contribution in [3.63, 3.8) is 0 Å². The van der Waals surface area contributed by atoms with Crippen LogP contribution >= 0.6 is 12.2 Å². The van der Waals surface area contributed by atoms with Gasteiger partial charge in [-0.2, -0.15) is 0 Å². The number of amides is 1. The minimum Gasteiger partial charge on any atom is -0.273 e. The first-order chi connectivity index (χ1) is 9.16. The number of carbonyl (C=O) groups excluding carboxylic acids is 1. The Hall–Kier alpha value is -2.14. The Morgan fingerprint density at radius 2 is 2.16 bits per heavy atom. The van der Waals surface area contributed by atoms with E-state index < -0.39 is 11.7 Å². The van der Waals surface area contributed by atoms with Gasteiger partial charge in [-0.25, -0.2) is 9.38 Å². The van der Waals surface area contributed by atoms with Crippen molar-refractivity contribution in [2.45, 2.75) is 0 Å². The number of thiocarbonyl (C=S) groups is 1. The van der Waals surface area contributed by atoms with E-state index >= 15 is 0 Å². The van der Waals surface area contributed by atoms with Gasteiger partial charge < -0.3 is 0 Å². The number of nitrogens with zero attached hydrogens (tertiary/aromatic N) is 2. The summed E-state index contributed by atoms with van der Waals surface area (Å²) >= 11 is 5.13. The topological polar surface area (TPSA) is 32.7 Å². The predicted molar refractivity (Wildman–Crippen MR) is 75.7 cm³/mol. The molecule has 0 aromatic heterocycles. The van der Waals surface area contributed by atoms with Crippen LogP contribution < -0.4 is 4.90 Å². The second-order valence-corrected chi connectivity index (χ2v) is 4.56. The molecule has 3 nitrogen and oxygen atoms in total. The molecule has 3 rings (SSSR count). The number of allylic oxidation sites excluding steroid dienone is 3. The highest BCUT2D eigenvalue weighted by Crippen LogP contribution is 2.25. The first kappa shape index (κ1) is 11.9. The average molecular weight is 272 g/mol. The molecular weight excluding hydrogens is 263 g/mol. The fraction of sp³-hybridized carbons (Fsp3) is 0.0714. The number of halogens is 1. The molecule has 1 atom stereocenters. The Balaban J connectivity index is 2.06. The van der Waals surface area contributed by atoms with E-state index in [2.05, 4.69) is 4.99 Å². The van der Waals surface area contributed by atoms with Gasteiger partial charge in [0.05, 0.1) is 17.3 Å². The van der Waals surface area contributed by atoms with Gasteiger partial charge in [0.2, 0.25) is 11.0 Å². The van der Waals surface area contributed by atoms with Crippen LogP contribution in [0.1, 0.15) is 0 Å². The lowest BCUT2D eigenvalue weighted by Gasteiger charge is -2.30. The molecule has 0 spiro atoms. The molecule has 1 heterocycles. The first-order valence-electron chi connectivity index (χ1n) is 5.74. The van der Waals surface area contributed by atoms with Crippen LogP contribution in [0.2, 0.25) is 0 Å². The number of anilines is 1.